The number of benzene rings is 1. The summed E-state index contributed by atoms with van der Waals surface area (Å²) >= 11 is 0. The van der Waals surface area contributed by atoms with Gasteiger partial charge in [0.05, 0.1) is 12.6 Å². The summed E-state index contributed by atoms with van der Waals surface area (Å²) in [5, 5.41) is 14.8. The van der Waals surface area contributed by atoms with Crippen molar-refractivity contribution in [2.75, 3.05) is 19.0 Å². The van der Waals surface area contributed by atoms with Crippen LogP contribution in [0, 0.1) is 0 Å². The number of amidine groups is 1. The summed E-state index contributed by atoms with van der Waals surface area (Å²) in [4.78, 5) is 0. The largest absolute Gasteiger partial charge is 0.409 e. The van der Waals surface area contributed by atoms with Gasteiger partial charge in [0.2, 0.25) is 0 Å². The summed E-state index contributed by atoms with van der Waals surface area (Å²) in [5.74, 6) is 0.159. The highest BCUT2D eigenvalue weighted by Gasteiger charge is 2.09. The standard InChI is InChI=1S/C12H19N3O2/c1-9(12(13)15-16)14-11-6-4-3-5-10(11)7-8-17-2/h3-6,9,14,16H,7-8H2,1-2H3,(H2,13,15). The molecule has 1 atom stereocenters. The van der Waals surface area contributed by atoms with Crippen LogP contribution in [0.1, 0.15) is 12.5 Å². The molecule has 17 heavy (non-hydrogen) atoms. The molecule has 0 fully saturated rings. The van der Waals surface area contributed by atoms with Gasteiger partial charge in [-0.05, 0) is 25.0 Å². The zero-order valence-electron chi connectivity index (χ0n) is 10.2. The number of methoxy groups -OCH3 is 1. The van der Waals surface area contributed by atoms with Crippen LogP contribution in [0.5, 0.6) is 0 Å². The molecule has 1 aromatic carbocycles. The molecule has 0 saturated heterocycles. The lowest BCUT2D eigenvalue weighted by molar-refractivity contribution is 0.202. The Morgan fingerprint density at radius 3 is 2.88 bits per heavy atom. The normalized spacial score (nSPS) is 13.4. The third-order valence-corrected chi connectivity index (χ3v) is 2.52. The molecule has 0 aliphatic rings. The molecule has 94 valence electrons. The molecular formula is C12H19N3O2. The Kier molecular flexibility index (Phi) is 5.29. The Morgan fingerprint density at radius 1 is 1.53 bits per heavy atom. The molecule has 5 nitrogen and oxygen atoms in total. The van der Waals surface area contributed by atoms with Crippen molar-refractivity contribution in [2.24, 2.45) is 10.9 Å². The molecule has 0 aromatic heterocycles. The topological polar surface area (TPSA) is 79.9 Å². The van der Waals surface area contributed by atoms with E-state index in [9.17, 15) is 0 Å². The van der Waals surface area contributed by atoms with Crippen LogP contribution in [0.2, 0.25) is 0 Å². The first kappa shape index (κ1) is 13.3. The SMILES string of the molecule is COCCc1ccccc1NC(C)/C(N)=N/O. The maximum atomic E-state index is 8.60. The fourth-order valence-corrected chi connectivity index (χ4v) is 1.48. The number of hydrogen-bond donors (Lipinski definition) is 3. The molecular weight excluding hydrogens is 218 g/mol. The number of rotatable bonds is 6. The first-order valence-electron chi connectivity index (χ1n) is 5.49. The van der Waals surface area contributed by atoms with Gasteiger partial charge in [0, 0.05) is 12.8 Å². The summed E-state index contributed by atoms with van der Waals surface area (Å²) in [6.07, 6.45) is 0.822. The van der Waals surface area contributed by atoms with E-state index in [0.717, 1.165) is 17.7 Å². The van der Waals surface area contributed by atoms with Crippen molar-refractivity contribution in [2.45, 2.75) is 19.4 Å². The highest BCUT2D eigenvalue weighted by molar-refractivity contribution is 5.87. The van der Waals surface area contributed by atoms with Crippen LogP contribution in [-0.2, 0) is 11.2 Å². The number of nitrogens with one attached hydrogen (secondary N) is 1. The van der Waals surface area contributed by atoms with Gasteiger partial charge in [0.1, 0.15) is 0 Å². The molecule has 0 aliphatic carbocycles. The van der Waals surface area contributed by atoms with E-state index in [0.29, 0.717) is 6.61 Å². The first-order valence-corrected chi connectivity index (χ1v) is 5.49. The molecule has 1 aromatic rings. The molecule has 0 radical (unpaired) electrons. The highest BCUT2D eigenvalue weighted by Crippen LogP contribution is 2.16. The van der Waals surface area contributed by atoms with E-state index in [1.807, 2.05) is 31.2 Å². The van der Waals surface area contributed by atoms with Gasteiger partial charge in [-0.1, -0.05) is 23.4 Å². The van der Waals surface area contributed by atoms with Gasteiger partial charge in [0.25, 0.3) is 0 Å². The van der Waals surface area contributed by atoms with Gasteiger partial charge in [-0.2, -0.15) is 0 Å². The molecule has 5 heteroatoms. The number of para-hydroxylation sites is 1. The van der Waals surface area contributed by atoms with Crippen molar-refractivity contribution in [1.82, 2.24) is 0 Å². The summed E-state index contributed by atoms with van der Waals surface area (Å²) < 4.78 is 5.06. The average Bonchev–Trinajstić information content (AvgIpc) is 2.36. The maximum Gasteiger partial charge on any atom is 0.161 e. The molecule has 1 unspecified atom stereocenters. The Bertz CT molecular complexity index is 380. The van der Waals surface area contributed by atoms with E-state index in [1.165, 1.54) is 0 Å². The summed E-state index contributed by atoms with van der Waals surface area (Å²) in [6.45, 7) is 2.50. The maximum absolute atomic E-state index is 8.60. The Hall–Kier alpha value is -1.75. The Labute approximate surface area is 101 Å². The molecule has 4 N–H and O–H groups in total. The third kappa shape index (κ3) is 3.96. The predicted molar refractivity (Wildman–Crippen MR) is 68.5 cm³/mol. The average molecular weight is 237 g/mol. The van der Waals surface area contributed by atoms with Gasteiger partial charge in [-0.3, -0.25) is 0 Å². The summed E-state index contributed by atoms with van der Waals surface area (Å²) in [7, 11) is 1.68. The second kappa shape index (κ2) is 6.75. The van der Waals surface area contributed by atoms with Crippen molar-refractivity contribution < 1.29 is 9.94 Å². The fourth-order valence-electron chi connectivity index (χ4n) is 1.48. The minimum absolute atomic E-state index is 0.159. The number of nitrogens with zero attached hydrogens (tertiary/aromatic N) is 1. The zero-order valence-corrected chi connectivity index (χ0v) is 10.2. The number of oxime groups is 1. The minimum atomic E-state index is -0.219. The van der Waals surface area contributed by atoms with Gasteiger partial charge < -0.3 is 21.0 Å². The monoisotopic (exact) mass is 237 g/mol. The van der Waals surface area contributed by atoms with Crippen molar-refractivity contribution >= 4 is 11.5 Å². The molecule has 0 aliphatic heterocycles. The lowest BCUT2D eigenvalue weighted by atomic mass is 10.1. The second-order valence-corrected chi connectivity index (χ2v) is 3.79. The molecule has 0 spiro atoms. The van der Waals surface area contributed by atoms with Gasteiger partial charge in [0.15, 0.2) is 5.84 Å². The van der Waals surface area contributed by atoms with Gasteiger partial charge >= 0.3 is 0 Å². The third-order valence-electron chi connectivity index (χ3n) is 2.52. The highest BCUT2D eigenvalue weighted by atomic mass is 16.5. The summed E-state index contributed by atoms with van der Waals surface area (Å²) in [5.41, 5.74) is 7.65. The van der Waals surface area contributed by atoms with E-state index < -0.39 is 0 Å². The predicted octanol–water partition coefficient (Wildman–Crippen LogP) is 1.42. The van der Waals surface area contributed by atoms with Crippen LogP contribution in [0.4, 0.5) is 5.69 Å². The lowest BCUT2D eigenvalue weighted by Crippen LogP contribution is -2.33. The smallest absolute Gasteiger partial charge is 0.161 e. The number of nitrogens with two attached hydrogens (primary N) is 1. The molecule has 0 saturated carbocycles. The zero-order chi connectivity index (χ0) is 12.7. The minimum Gasteiger partial charge on any atom is -0.409 e. The lowest BCUT2D eigenvalue weighted by Gasteiger charge is -2.16. The Balaban J connectivity index is 2.75. The number of anilines is 1. The fraction of sp³-hybridized carbons (Fsp3) is 0.417. The molecule has 0 bridgehead atoms. The van der Waals surface area contributed by atoms with Gasteiger partial charge in [-0.15, -0.1) is 0 Å². The van der Waals surface area contributed by atoms with Gasteiger partial charge in [-0.25, -0.2) is 0 Å². The second-order valence-electron chi connectivity index (χ2n) is 3.79. The van der Waals surface area contributed by atoms with E-state index in [4.69, 9.17) is 15.7 Å². The van der Waals surface area contributed by atoms with E-state index in [-0.39, 0.29) is 11.9 Å². The van der Waals surface area contributed by atoms with Crippen molar-refractivity contribution in [3.05, 3.63) is 29.8 Å². The summed E-state index contributed by atoms with van der Waals surface area (Å²) in [6, 6.07) is 7.69. The van der Waals surface area contributed by atoms with Crippen LogP contribution < -0.4 is 11.1 Å². The van der Waals surface area contributed by atoms with Crippen molar-refractivity contribution in [3.8, 4) is 0 Å². The van der Waals surface area contributed by atoms with Crippen LogP contribution in [-0.4, -0.2) is 30.8 Å². The molecule has 0 heterocycles. The number of hydrogen-bond acceptors (Lipinski definition) is 4. The molecule has 1 rings (SSSR count). The van der Waals surface area contributed by atoms with Crippen LogP contribution in [0.3, 0.4) is 0 Å². The van der Waals surface area contributed by atoms with E-state index in [1.54, 1.807) is 7.11 Å². The number of ether oxygens (including phenoxy) is 1. The Morgan fingerprint density at radius 2 is 2.24 bits per heavy atom. The van der Waals surface area contributed by atoms with Crippen molar-refractivity contribution in [3.63, 3.8) is 0 Å². The van der Waals surface area contributed by atoms with Crippen LogP contribution >= 0.6 is 0 Å². The first-order chi connectivity index (χ1) is 8.19. The van der Waals surface area contributed by atoms with Crippen LogP contribution in [0.25, 0.3) is 0 Å². The van der Waals surface area contributed by atoms with Crippen molar-refractivity contribution in [1.29, 1.82) is 0 Å². The van der Waals surface area contributed by atoms with E-state index >= 15 is 0 Å². The quantitative estimate of drug-likeness (QED) is 0.302. The van der Waals surface area contributed by atoms with E-state index in [2.05, 4.69) is 10.5 Å². The molecule has 0 amide bonds. The van der Waals surface area contributed by atoms with Crippen LogP contribution in [0.15, 0.2) is 29.4 Å².